The van der Waals surface area contributed by atoms with Crippen molar-refractivity contribution in [1.82, 2.24) is 9.97 Å². The maximum absolute atomic E-state index is 5.21. The Balaban J connectivity index is 1.32. The lowest BCUT2D eigenvalue weighted by Gasteiger charge is -2.13. The van der Waals surface area contributed by atoms with Gasteiger partial charge >= 0.3 is 0 Å². The van der Waals surface area contributed by atoms with Crippen LogP contribution in [0.3, 0.4) is 0 Å². The average Bonchev–Trinajstić information content (AvgIpc) is 3.03. The fourth-order valence-corrected chi connectivity index (χ4v) is 5.86. The molecule has 0 bridgehead atoms. The van der Waals surface area contributed by atoms with E-state index in [0.29, 0.717) is 0 Å². The van der Waals surface area contributed by atoms with E-state index in [4.69, 9.17) is 9.97 Å². The minimum atomic E-state index is 0.925. The number of pyridine rings is 2. The number of benzene rings is 6. The summed E-state index contributed by atoms with van der Waals surface area (Å²) < 4.78 is 0. The van der Waals surface area contributed by atoms with Gasteiger partial charge in [0.2, 0.25) is 0 Å². The van der Waals surface area contributed by atoms with Crippen LogP contribution >= 0.6 is 0 Å². The fourth-order valence-electron chi connectivity index (χ4n) is 5.86. The molecule has 186 valence electrons. The molecule has 0 fully saturated rings. The zero-order valence-corrected chi connectivity index (χ0v) is 21.8. The second kappa shape index (κ2) is 9.14. The zero-order valence-electron chi connectivity index (χ0n) is 21.8. The molecule has 2 aromatic heterocycles. The van der Waals surface area contributed by atoms with Crippen LogP contribution < -0.4 is 0 Å². The third-order valence-corrected chi connectivity index (χ3v) is 7.81. The van der Waals surface area contributed by atoms with E-state index in [1.165, 1.54) is 32.7 Å². The number of nitrogens with zero attached hydrogens (tertiary/aromatic N) is 2. The molecule has 0 aliphatic carbocycles. The van der Waals surface area contributed by atoms with E-state index >= 15 is 0 Å². The molecule has 0 atom stereocenters. The van der Waals surface area contributed by atoms with Gasteiger partial charge < -0.3 is 0 Å². The second-order valence-electron chi connectivity index (χ2n) is 10.2. The van der Waals surface area contributed by atoms with Crippen molar-refractivity contribution in [2.75, 3.05) is 0 Å². The Hall–Kier alpha value is -5.34. The van der Waals surface area contributed by atoms with E-state index in [1.807, 2.05) is 18.2 Å². The molecule has 8 aromatic rings. The van der Waals surface area contributed by atoms with Gasteiger partial charge in [-0.2, -0.15) is 0 Å². The molecule has 0 radical (unpaired) electrons. The molecule has 0 amide bonds. The number of hydrogen-bond donors (Lipinski definition) is 0. The fraction of sp³-hybridized carbons (Fsp3) is 0. The highest BCUT2D eigenvalue weighted by Crippen LogP contribution is 2.38. The summed E-state index contributed by atoms with van der Waals surface area (Å²) in [5.74, 6) is 0. The van der Waals surface area contributed by atoms with Crippen molar-refractivity contribution in [3.63, 3.8) is 0 Å². The molecular weight excluding hydrogens is 484 g/mol. The van der Waals surface area contributed by atoms with Crippen molar-refractivity contribution in [2.24, 2.45) is 0 Å². The topological polar surface area (TPSA) is 25.8 Å². The highest BCUT2D eigenvalue weighted by molar-refractivity contribution is 6.13. The molecule has 8 rings (SSSR count). The van der Waals surface area contributed by atoms with E-state index < -0.39 is 0 Å². The molecule has 2 heteroatoms. The number of aromatic nitrogens is 2. The molecule has 40 heavy (non-hydrogen) atoms. The van der Waals surface area contributed by atoms with Gasteiger partial charge in [-0.3, -0.25) is 0 Å². The molecule has 6 aromatic carbocycles. The van der Waals surface area contributed by atoms with Crippen LogP contribution in [-0.2, 0) is 0 Å². The van der Waals surface area contributed by atoms with Crippen LogP contribution in [0.25, 0.3) is 77.0 Å². The molecule has 0 aliphatic heterocycles. The molecule has 0 saturated carbocycles. The van der Waals surface area contributed by atoms with Gasteiger partial charge in [-0.05, 0) is 56.9 Å². The molecule has 2 nitrogen and oxygen atoms in total. The Morgan fingerprint density at radius 3 is 1.48 bits per heavy atom. The summed E-state index contributed by atoms with van der Waals surface area (Å²) in [4.78, 5) is 10.3. The predicted octanol–water partition coefficient (Wildman–Crippen LogP) is 10.1. The maximum Gasteiger partial charge on any atom is 0.0972 e. The van der Waals surface area contributed by atoms with E-state index in [2.05, 4.69) is 127 Å². The number of rotatable bonds is 3. The van der Waals surface area contributed by atoms with E-state index in [-0.39, 0.29) is 0 Å². The van der Waals surface area contributed by atoms with Gasteiger partial charge in [-0.15, -0.1) is 0 Å². The van der Waals surface area contributed by atoms with Crippen LogP contribution in [0.1, 0.15) is 0 Å². The van der Waals surface area contributed by atoms with Gasteiger partial charge in [0.1, 0.15) is 0 Å². The molecule has 0 aliphatic rings. The first-order valence-corrected chi connectivity index (χ1v) is 13.6. The van der Waals surface area contributed by atoms with Crippen molar-refractivity contribution in [3.8, 4) is 33.6 Å². The first-order valence-electron chi connectivity index (χ1n) is 13.6. The SMILES string of the molecule is c1ccc(-c2ccc3ccc4ccc(-c5cccc(-c6c7ccccc7cc7ccccc67)c5)nc4c3n2)cc1. The first kappa shape index (κ1) is 22.6. The van der Waals surface area contributed by atoms with Crippen LogP contribution in [0.15, 0.2) is 146 Å². The molecule has 2 heterocycles. The summed E-state index contributed by atoms with van der Waals surface area (Å²) in [5.41, 5.74) is 8.40. The van der Waals surface area contributed by atoms with E-state index in [1.54, 1.807) is 0 Å². The third kappa shape index (κ3) is 3.73. The summed E-state index contributed by atoms with van der Waals surface area (Å²) in [6, 6.07) is 51.5. The van der Waals surface area contributed by atoms with Gasteiger partial charge in [-0.1, -0.05) is 121 Å². The third-order valence-electron chi connectivity index (χ3n) is 7.81. The Morgan fingerprint density at radius 1 is 0.325 bits per heavy atom. The van der Waals surface area contributed by atoms with Crippen LogP contribution in [-0.4, -0.2) is 9.97 Å². The molecule has 0 N–H and O–H groups in total. The van der Waals surface area contributed by atoms with Crippen molar-refractivity contribution >= 4 is 43.4 Å². The summed E-state index contributed by atoms with van der Waals surface area (Å²) in [6.07, 6.45) is 0. The monoisotopic (exact) mass is 508 g/mol. The Labute approximate surface area is 232 Å². The van der Waals surface area contributed by atoms with Crippen molar-refractivity contribution in [1.29, 1.82) is 0 Å². The largest absolute Gasteiger partial charge is 0.245 e. The van der Waals surface area contributed by atoms with Crippen LogP contribution in [0, 0.1) is 0 Å². The van der Waals surface area contributed by atoms with Gasteiger partial charge in [0, 0.05) is 21.9 Å². The zero-order chi connectivity index (χ0) is 26.5. The van der Waals surface area contributed by atoms with E-state index in [9.17, 15) is 0 Å². The van der Waals surface area contributed by atoms with Gasteiger partial charge in [0.25, 0.3) is 0 Å². The molecule has 0 unspecified atom stereocenters. The Bertz CT molecular complexity index is 2160. The standard InChI is InChI=1S/C38H24N2/c1-2-9-25(10-3-1)34-21-19-26-17-18-27-20-22-35(40-38(27)37(26)39-34)30-13-8-14-31(24-30)36-32-15-6-4-11-28(32)23-29-12-5-7-16-33(29)36/h1-24H. The van der Waals surface area contributed by atoms with Crippen molar-refractivity contribution in [3.05, 3.63) is 146 Å². The highest BCUT2D eigenvalue weighted by Gasteiger charge is 2.12. The summed E-state index contributed by atoms with van der Waals surface area (Å²) in [6.45, 7) is 0. The van der Waals surface area contributed by atoms with Crippen LogP contribution in [0.5, 0.6) is 0 Å². The quantitative estimate of drug-likeness (QED) is 0.175. The minimum absolute atomic E-state index is 0.925. The smallest absolute Gasteiger partial charge is 0.0972 e. The summed E-state index contributed by atoms with van der Waals surface area (Å²) in [7, 11) is 0. The average molecular weight is 509 g/mol. The molecular formula is C38H24N2. The van der Waals surface area contributed by atoms with Crippen molar-refractivity contribution in [2.45, 2.75) is 0 Å². The normalized spacial score (nSPS) is 11.5. The van der Waals surface area contributed by atoms with Gasteiger partial charge in [0.05, 0.1) is 22.4 Å². The number of fused-ring (bicyclic) bond motifs is 5. The Kier molecular flexibility index (Phi) is 5.17. The number of hydrogen-bond acceptors (Lipinski definition) is 2. The summed E-state index contributed by atoms with van der Waals surface area (Å²) in [5, 5.41) is 7.19. The van der Waals surface area contributed by atoms with Gasteiger partial charge in [0.15, 0.2) is 0 Å². The van der Waals surface area contributed by atoms with Crippen molar-refractivity contribution < 1.29 is 0 Å². The molecule has 0 spiro atoms. The van der Waals surface area contributed by atoms with Crippen LogP contribution in [0.4, 0.5) is 0 Å². The highest BCUT2D eigenvalue weighted by atomic mass is 14.8. The van der Waals surface area contributed by atoms with E-state index in [0.717, 1.165) is 44.3 Å². The lowest BCUT2D eigenvalue weighted by molar-refractivity contribution is 1.36. The second-order valence-corrected chi connectivity index (χ2v) is 10.2. The van der Waals surface area contributed by atoms with Gasteiger partial charge in [-0.25, -0.2) is 9.97 Å². The first-order chi connectivity index (χ1) is 19.8. The molecule has 0 saturated heterocycles. The lowest BCUT2D eigenvalue weighted by Crippen LogP contribution is -1.91. The van der Waals surface area contributed by atoms with Crippen LogP contribution in [0.2, 0.25) is 0 Å². The maximum atomic E-state index is 5.21. The predicted molar refractivity (Wildman–Crippen MR) is 168 cm³/mol. The summed E-state index contributed by atoms with van der Waals surface area (Å²) >= 11 is 0. The lowest BCUT2D eigenvalue weighted by atomic mass is 9.91. The minimum Gasteiger partial charge on any atom is -0.245 e. The Morgan fingerprint density at radius 2 is 0.825 bits per heavy atom.